The van der Waals surface area contributed by atoms with Gasteiger partial charge in [0.05, 0.1) is 16.5 Å². The average Bonchev–Trinajstić information content (AvgIpc) is 2.71. The second-order valence-electron chi connectivity index (χ2n) is 6.13. The van der Waals surface area contributed by atoms with Gasteiger partial charge in [-0.15, -0.1) is 0 Å². The van der Waals surface area contributed by atoms with Crippen molar-refractivity contribution in [3.8, 4) is 0 Å². The molecule has 0 spiro atoms. The monoisotopic (exact) mass is 385 g/mol. The molecular weight excluding hydrogens is 362 g/mol. The maximum Gasteiger partial charge on any atom is 0.341 e. The van der Waals surface area contributed by atoms with Crippen molar-refractivity contribution in [1.29, 1.82) is 0 Å². The zero-order chi connectivity index (χ0) is 20.5. The molecule has 0 aliphatic rings. The van der Waals surface area contributed by atoms with Gasteiger partial charge in [-0.1, -0.05) is 43.7 Å². The van der Waals surface area contributed by atoms with E-state index in [0.29, 0.717) is 5.69 Å². The van der Waals surface area contributed by atoms with Gasteiger partial charge in [0.25, 0.3) is 11.6 Å². The molecule has 0 aliphatic carbocycles. The molecule has 0 saturated heterocycles. The first kappa shape index (κ1) is 20.9. The third-order valence-electron chi connectivity index (χ3n) is 4.15. The van der Waals surface area contributed by atoms with Crippen LogP contribution in [0.3, 0.4) is 0 Å². The molecule has 0 bridgehead atoms. The van der Waals surface area contributed by atoms with Crippen LogP contribution in [0.5, 0.6) is 0 Å². The van der Waals surface area contributed by atoms with Gasteiger partial charge in [-0.2, -0.15) is 0 Å². The molecule has 1 amide bonds. The van der Waals surface area contributed by atoms with Crippen LogP contribution in [0, 0.1) is 10.1 Å². The predicted octanol–water partition coefficient (Wildman–Crippen LogP) is 3.45. The molecule has 1 unspecified atom stereocenters. The van der Waals surface area contributed by atoms with E-state index in [1.807, 2.05) is 37.3 Å². The number of esters is 1. The Bertz CT molecular complexity index is 839. The summed E-state index contributed by atoms with van der Waals surface area (Å²) in [6, 6.07) is 13.2. The highest BCUT2D eigenvalue weighted by Crippen LogP contribution is 2.23. The highest BCUT2D eigenvalue weighted by atomic mass is 16.6. The molecule has 0 heterocycles. The molecule has 0 saturated carbocycles. The average molecular weight is 385 g/mol. The molecule has 8 nitrogen and oxygen atoms in total. The Kier molecular flexibility index (Phi) is 7.50. The van der Waals surface area contributed by atoms with Crippen molar-refractivity contribution in [2.45, 2.75) is 25.8 Å². The zero-order valence-electron chi connectivity index (χ0n) is 15.8. The summed E-state index contributed by atoms with van der Waals surface area (Å²) in [5, 5.41) is 16.6. The van der Waals surface area contributed by atoms with Crippen molar-refractivity contribution in [3.63, 3.8) is 0 Å². The molecule has 1 atom stereocenters. The van der Waals surface area contributed by atoms with E-state index in [4.69, 9.17) is 4.74 Å². The summed E-state index contributed by atoms with van der Waals surface area (Å²) < 4.78 is 5.07. The fourth-order valence-corrected chi connectivity index (χ4v) is 2.77. The number of nitro groups is 1. The van der Waals surface area contributed by atoms with Crippen LogP contribution >= 0.6 is 0 Å². The second kappa shape index (κ2) is 10.1. The van der Waals surface area contributed by atoms with Gasteiger partial charge in [-0.3, -0.25) is 14.9 Å². The zero-order valence-corrected chi connectivity index (χ0v) is 15.8. The Morgan fingerprint density at radius 3 is 2.50 bits per heavy atom. The minimum atomic E-state index is -0.810. The van der Waals surface area contributed by atoms with E-state index >= 15 is 0 Å². The topological polar surface area (TPSA) is 111 Å². The quantitative estimate of drug-likeness (QED) is 0.389. The lowest BCUT2D eigenvalue weighted by atomic mass is 10.0. The molecule has 2 rings (SSSR count). The maximum absolute atomic E-state index is 12.3. The highest BCUT2D eigenvalue weighted by Gasteiger charge is 2.20. The van der Waals surface area contributed by atoms with Crippen LogP contribution in [0.1, 0.15) is 41.7 Å². The summed E-state index contributed by atoms with van der Waals surface area (Å²) in [5.41, 5.74) is 1.12. The van der Waals surface area contributed by atoms with Crippen LogP contribution in [0.25, 0.3) is 0 Å². The maximum atomic E-state index is 12.3. The molecule has 0 aliphatic heterocycles. The molecule has 0 fully saturated rings. The van der Waals surface area contributed by atoms with Crippen molar-refractivity contribution in [1.82, 2.24) is 5.32 Å². The summed E-state index contributed by atoms with van der Waals surface area (Å²) in [4.78, 5) is 34.9. The van der Waals surface area contributed by atoms with Crippen LogP contribution in [0.2, 0.25) is 0 Å². The Hall–Kier alpha value is -3.42. The summed E-state index contributed by atoms with van der Waals surface area (Å²) in [6.07, 6.45) is 1.62. The van der Waals surface area contributed by atoms with Gasteiger partial charge >= 0.3 is 5.97 Å². The lowest BCUT2D eigenvalue weighted by Gasteiger charge is -2.18. The van der Waals surface area contributed by atoms with E-state index in [2.05, 4.69) is 10.6 Å². The highest BCUT2D eigenvalue weighted by molar-refractivity contribution is 5.97. The summed E-state index contributed by atoms with van der Waals surface area (Å²) in [7, 11) is 1.58. The summed E-state index contributed by atoms with van der Waals surface area (Å²) in [5.74, 6) is -1.25. The lowest BCUT2D eigenvalue weighted by Crippen LogP contribution is -2.32. The smallest absolute Gasteiger partial charge is 0.341 e. The number of rotatable bonds is 9. The fraction of sp³-hybridized carbons (Fsp3) is 0.300. The molecule has 0 aromatic heterocycles. The number of nitro benzene ring substituents is 1. The number of nitrogens with zero attached hydrogens (tertiary/aromatic N) is 1. The number of ether oxygens (including phenoxy) is 1. The number of anilines is 1. The number of carbonyl (C=O) groups is 2. The van der Waals surface area contributed by atoms with E-state index in [-0.39, 0.29) is 17.3 Å². The Morgan fingerprint density at radius 1 is 1.18 bits per heavy atom. The van der Waals surface area contributed by atoms with E-state index in [9.17, 15) is 19.7 Å². The molecule has 2 aromatic carbocycles. The van der Waals surface area contributed by atoms with E-state index < -0.39 is 23.4 Å². The summed E-state index contributed by atoms with van der Waals surface area (Å²) in [6.45, 7) is 1.54. The number of carbonyl (C=O) groups excluding carboxylic acids is 2. The minimum Gasteiger partial charge on any atom is -0.452 e. The van der Waals surface area contributed by atoms with Crippen LogP contribution in [0.15, 0.2) is 48.5 Å². The normalized spacial score (nSPS) is 11.4. The van der Waals surface area contributed by atoms with Crippen LogP contribution in [-0.4, -0.2) is 30.5 Å². The van der Waals surface area contributed by atoms with Crippen molar-refractivity contribution < 1.29 is 19.2 Å². The van der Waals surface area contributed by atoms with E-state index in [1.54, 1.807) is 7.05 Å². The largest absolute Gasteiger partial charge is 0.452 e. The molecule has 28 heavy (non-hydrogen) atoms. The third kappa shape index (κ3) is 5.54. The Labute approximate surface area is 163 Å². The lowest BCUT2D eigenvalue weighted by molar-refractivity contribution is -0.384. The second-order valence-corrected chi connectivity index (χ2v) is 6.13. The molecule has 0 radical (unpaired) electrons. The molecular formula is C20H23N3O5. The predicted molar refractivity (Wildman–Crippen MR) is 105 cm³/mol. The van der Waals surface area contributed by atoms with E-state index in [0.717, 1.165) is 24.5 Å². The molecule has 148 valence electrons. The first-order valence-corrected chi connectivity index (χ1v) is 8.93. The first-order chi connectivity index (χ1) is 13.5. The van der Waals surface area contributed by atoms with Gasteiger partial charge in [-0.25, -0.2) is 4.79 Å². The van der Waals surface area contributed by atoms with Crippen molar-refractivity contribution in [3.05, 3.63) is 69.8 Å². The van der Waals surface area contributed by atoms with Crippen molar-refractivity contribution >= 4 is 23.3 Å². The van der Waals surface area contributed by atoms with Crippen LogP contribution in [0.4, 0.5) is 11.4 Å². The number of hydrogen-bond acceptors (Lipinski definition) is 6. The third-order valence-corrected chi connectivity index (χ3v) is 4.15. The standard InChI is InChI=1S/C20H23N3O5/c1-3-7-17(14-8-5-4-6-9-14)22-19(24)13-28-20(25)16-12-15(23(26)27)10-11-18(16)21-2/h4-6,8-12,17,21H,3,7,13H2,1-2H3,(H,22,24). The van der Waals surface area contributed by atoms with Gasteiger partial charge in [0.1, 0.15) is 0 Å². The van der Waals surface area contributed by atoms with Crippen molar-refractivity contribution in [2.24, 2.45) is 0 Å². The number of amides is 1. The van der Waals surface area contributed by atoms with Gasteiger partial charge < -0.3 is 15.4 Å². The summed E-state index contributed by atoms with van der Waals surface area (Å²) >= 11 is 0. The van der Waals surface area contributed by atoms with Crippen molar-refractivity contribution in [2.75, 3.05) is 19.0 Å². The number of non-ortho nitro benzene ring substituents is 1. The van der Waals surface area contributed by atoms with Gasteiger partial charge in [0, 0.05) is 24.9 Å². The number of nitrogens with one attached hydrogen (secondary N) is 2. The first-order valence-electron chi connectivity index (χ1n) is 8.93. The van der Waals surface area contributed by atoms with Gasteiger partial charge in [0.15, 0.2) is 6.61 Å². The molecule has 2 N–H and O–H groups in total. The van der Waals surface area contributed by atoms with E-state index in [1.165, 1.54) is 12.1 Å². The minimum absolute atomic E-state index is 0.00216. The molecule has 8 heteroatoms. The van der Waals surface area contributed by atoms with Gasteiger partial charge in [-0.05, 0) is 18.1 Å². The van der Waals surface area contributed by atoms with Crippen LogP contribution in [-0.2, 0) is 9.53 Å². The fourth-order valence-electron chi connectivity index (χ4n) is 2.77. The number of hydrogen-bond donors (Lipinski definition) is 2. The van der Waals surface area contributed by atoms with Gasteiger partial charge in [0.2, 0.25) is 0 Å². The Morgan fingerprint density at radius 2 is 1.89 bits per heavy atom. The molecule has 2 aromatic rings. The SMILES string of the molecule is CCCC(NC(=O)COC(=O)c1cc([N+](=O)[O-])ccc1NC)c1ccccc1. The Balaban J connectivity index is 2.02. The number of benzene rings is 2. The van der Waals surface area contributed by atoms with Crippen LogP contribution < -0.4 is 10.6 Å².